The molecule has 0 aliphatic heterocycles. The second-order valence-electron chi connectivity index (χ2n) is 17.8. The third kappa shape index (κ3) is 10.2. The van der Waals surface area contributed by atoms with Crippen LogP contribution >= 0.6 is 0 Å². The largest absolute Gasteiger partial charge is 0.305 e. The minimum absolute atomic E-state index is 0. The fourth-order valence-corrected chi connectivity index (χ4v) is 8.41. The van der Waals surface area contributed by atoms with Gasteiger partial charge in [0.1, 0.15) is 0 Å². The Morgan fingerprint density at radius 2 is 1.03 bits per heavy atom. The zero-order chi connectivity index (χ0) is 44.9. The summed E-state index contributed by atoms with van der Waals surface area (Å²) in [5, 5.41) is 1.11. The summed E-state index contributed by atoms with van der Waals surface area (Å²) in [5.74, 6) is 0. The molecule has 4 heteroatoms. The van der Waals surface area contributed by atoms with Gasteiger partial charge in [-0.1, -0.05) is 147 Å². The molecule has 10 aromatic rings. The van der Waals surface area contributed by atoms with Crippen LogP contribution in [0.4, 0.5) is 0 Å². The van der Waals surface area contributed by atoms with Gasteiger partial charge in [-0.3, -0.25) is 0 Å². The number of rotatable bonds is 7. The van der Waals surface area contributed by atoms with Gasteiger partial charge in [-0.05, 0) is 124 Å². The van der Waals surface area contributed by atoms with E-state index >= 15 is 0 Å². The minimum atomic E-state index is 0. The van der Waals surface area contributed by atoms with Gasteiger partial charge in [0.25, 0.3) is 0 Å². The summed E-state index contributed by atoms with van der Waals surface area (Å²) in [6, 6.07) is 72.9. The van der Waals surface area contributed by atoms with Crippen molar-refractivity contribution in [3.8, 4) is 78.3 Å². The third-order valence-electron chi connectivity index (χ3n) is 11.9. The van der Waals surface area contributed by atoms with Gasteiger partial charge in [0.05, 0.1) is 11.2 Å². The molecular weight excluding hydrogens is 979 g/mol. The first-order valence-electron chi connectivity index (χ1n) is 22.2. The fraction of sp³-hybridized carbons (Fsp3) is 0.113. The Balaban J connectivity index is 0.000000363. The van der Waals surface area contributed by atoms with Gasteiger partial charge in [0.2, 0.25) is 0 Å². The Morgan fingerprint density at radius 3 is 1.73 bits per heavy atom. The maximum Gasteiger partial charge on any atom is 0.0778 e. The van der Waals surface area contributed by atoms with Gasteiger partial charge in [-0.2, -0.15) is 0 Å². The summed E-state index contributed by atoms with van der Waals surface area (Å²) < 4.78 is 0. The summed E-state index contributed by atoms with van der Waals surface area (Å²) in [5.41, 5.74) is 21.2. The number of fused-ring (bicyclic) bond motifs is 1. The van der Waals surface area contributed by atoms with Crippen LogP contribution in [-0.2, 0) is 25.5 Å². The van der Waals surface area contributed by atoms with E-state index < -0.39 is 0 Å². The molecule has 0 aliphatic rings. The van der Waals surface area contributed by atoms with Crippen LogP contribution in [0.15, 0.2) is 200 Å². The molecular formula is C62H51IrN3-2. The Hall–Kier alpha value is -7.10. The minimum Gasteiger partial charge on any atom is -0.305 e. The average Bonchev–Trinajstić information content (AvgIpc) is 3.34. The standard InChI is InChI=1S/C50H41N2.C12H10N.Ir/c1-33-19-20-43(34(2)27-33)40-29-39(35-13-8-6-9-14-35)30-41(31-40)44-21-22-45(49-46(44)23-24-47(52-49)36-15-10-7-11-16-36)37-17-12-18-38(28-37)48-32-42(25-26-51-48)50(3,4)5;1-10-7-8-13-12(9-10)11-5-3-2-4-6-11;/h6-17,19-32H,1-5H3;2-5,7-9H,1H3;/q2*-1;. The predicted molar refractivity (Wildman–Crippen MR) is 272 cm³/mol. The van der Waals surface area contributed by atoms with Crippen molar-refractivity contribution >= 4 is 10.9 Å². The van der Waals surface area contributed by atoms with E-state index in [-0.39, 0.29) is 25.5 Å². The van der Waals surface area contributed by atoms with Crippen molar-refractivity contribution in [2.45, 2.75) is 47.0 Å². The number of aromatic nitrogens is 3. The maximum absolute atomic E-state index is 5.42. The van der Waals surface area contributed by atoms with Crippen LogP contribution in [0.2, 0.25) is 0 Å². The van der Waals surface area contributed by atoms with E-state index in [1.54, 1.807) is 0 Å². The molecule has 66 heavy (non-hydrogen) atoms. The van der Waals surface area contributed by atoms with E-state index in [1.165, 1.54) is 44.5 Å². The molecule has 1 radical (unpaired) electrons. The van der Waals surface area contributed by atoms with Crippen molar-refractivity contribution in [3.05, 3.63) is 235 Å². The number of hydrogen-bond donors (Lipinski definition) is 0. The van der Waals surface area contributed by atoms with Crippen LogP contribution in [-0.4, -0.2) is 15.0 Å². The maximum atomic E-state index is 5.42. The predicted octanol–water partition coefficient (Wildman–Crippen LogP) is 16.2. The zero-order valence-electron chi connectivity index (χ0n) is 38.2. The van der Waals surface area contributed by atoms with Crippen LogP contribution in [0.25, 0.3) is 89.2 Å². The molecule has 0 saturated carbocycles. The van der Waals surface area contributed by atoms with Crippen molar-refractivity contribution in [2.24, 2.45) is 0 Å². The van der Waals surface area contributed by atoms with E-state index in [0.29, 0.717) is 0 Å². The van der Waals surface area contributed by atoms with E-state index in [9.17, 15) is 0 Å². The topological polar surface area (TPSA) is 38.7 Å². The van der Waals surface area contributed by atoms with Gasteiger partial charge < -0.3 is 9.97 Å². The normalized spacial score (nSPS) is 11.1. The molecule has 0 spiro atoms. The molecule has 10 rings (SSSR count). The van der Waals surface area contributed by atoms with E-state index in [4.69, 9.17) is 9.97 Å². The molecule has 0 saturated heterocycles. The molecule has 0 unspecified atom stereocenters. The number of aryl methyl sites for hydroxylation is 3. The molecule has 3 aromatic heterocycles. The molecule has 3 heterocycles. The second kappa shape index (κ2) is 20.0. The van der Waals surface area contributed by atoms with E-state index in [0.717, 1.165) is 66.9 Å². The Bertz CT molecular complexity index is 3260. The average molecular weight is 1030 g/mol. The van der Waals surface area contributed by atoms with Gasteiger partial charge >= 0.3 is 0 Å². The number of benzene rings is 7. The number of hydrogen-bond acceptors (Lipinski definition) is 3. The van der Waals surface area contributed by atoms with Crippen LogP contribution in [0.1, 0.15) is 43.0 Å². The van der Waals surface area contributed by atoms with Crippen molar-refractivity contribution in [1.29, 1.82) is 0 Å². The van der Waals surface area contributed by atoms with Crippen molar-refractivity contribution < 1.29 is 20.1 Å². The van der Waals surface area contributed by atoms with Crippen LogP contribution in [0, 0.1) is 32.9 Å². The van der Waals surface area contributed by atoms with Crippen LogP contribution in [0.3, 0.4) is 0 Å². The molecule has 0 amide bonds. The van der Waals surface area contributed by atoms with Crippen LogP contribution < -0.4 is 0 Å². The summed E-state index contributed by atoms with van der Waals surface area (Å²) in [4.78, 5) is 14.5. The van der Waals surface area contributed by atoms with Gasteiger partial charge in [-0.15, -0.1) is 65.7 Å². The molecule has 0 bridgehead atoms. The van der Waals surface area contributed by atoms with E-state index in [2.05, 4.69) is 204 Å². The summed E-state index contributed by atoms with van der Waals surface area (Å²) in [7, 11) is 0. The summed E-state index contributed by atoms with van der Waals surface area (Å²) >= 11 is 0. The SMILES string of the molecule is Cc1ccc(-c2cc(-c3ccccc3)cc(-c3ccc(-c4cc[c-]c(-c5cc(C(C)(C)C)ccn5)c4)c4nc(-c5ccccc5)ccc34)c2)c(C)c1.Cc1ccnc(-c2[c-]cccc2)c1.[Ir]. The van der Waals surface area contributed by atoms with Gasteiger partial charge in [0.15, 0.2) is 0 Å². The Morgan fingerprint density at radius 1 is 0.409 bits per heavy atom. The monoisotopic (exact) mass is 1030 g/mol. The zero-order valence-corrected chi connectivity index (χ0v) is 40.6. The molecule has 325 valence electrons. The van der Waals surface area contributed by atoms with Gasteiger partial charge in [-0.25, -0.2) is 4.98 Å². The van der Waals surface area contributed by atoms with Crippen molar-refractivity contribution in [3.63, 3.8) is 0 Å². The Labute approximate surface area is 403 Å². The van der Waals surface area contributed by atoms with Crippen molar-refractivity contribution in [1.82, 2.24) is 15.0 Å². The summed E-state index contributed by atoms with van der Waals surface area (Å²) in [6.07, 6.45) is 3.73. The molecule has 0 fully saturated rings. The molecule has 3 nitrogen and oxygen atoms in total. The fourth-order valence-electron chi connectivity index (χ4n) is 8.41. The smallest absolute Gasteiger partial charge is 0.0778 e. The number of pyridine rings is 3. The first kappa shape index (κ1) is 45.5. The van der Waals surface area contributed by atoms with Gasteiger partial charge in [0, 0.05) is 43.4 Å². The first-order chi connectivity index (χ1) is 31.6. The number of nitrogens with zero attached hydrogens (tertiary/aromatic N) is 3. The quantitative estimate of drug-likeness (QED) is 0.149. The third-order valence-corrected chi connectivity index (χ3v) is 11.9. The summed E-state index contributed by atoms with van der Waals surface area (Å²) in [6.45, 7) is 13.1. The van der Waals surface area contributed by atoms with Crippen LogP contribution in [0.5, 0.6) is 0 Å². The molecule has 0 N–H and O–H groups in total. The Kier molecular flexibility index (Phi) is 13.8. The molecule has 7 aromatic carbocycles. The molecule has 0 aliphatic carbocycles. The molecule has 0 atom stereocenters. The first-order valence-corrected chi connectivity index (χ1v) is 22.2. The van der Waals surface area contributed by atoms with E-state index in [1.807, 2.05) is 54.9 Å². The van der Waals surface area contributed by atoms with Crippen molar-refractivity contribution in [2.75, 3.05) is 0 Å². The second-order valence-corrected chi connectivity index (χ2v) is 17.8.